The summed E-state index contributed by atoms with van der Waals surface area (Å²) in [6, 6.07) is 4.81. The van der Waals surface area contributed by atoms with Crippen LogP contribution in [0.2, 0.25) is 0 Å². The van der Waals surface area contributed by atoms with Gasteiger partial charge in [-0.1, -0.05) is 41.5 Å². The number of hydrogen-bond donors (Lipinski definition) is 0. The Balaban J connectivity index is 1.63. The minimum Gasteiger partial charge on any atom is -0.487 e. The maximum Gasteiger partial charge on any atom is 0.124 e. The van der Waals surface area contributed by atoms with E-state index in [1.165, 1.54) is 61.2 Å². The van der Waals surface area contributed by atoms with E-state index < -0.39 is 0 Å². The zero-order valence-electron chi connectivity index (χ0n) is 18.7. The molecule has 5 rings (SSSR count). The van der Waals surface area contributed by atoms with Gasteiger partial charge in [0.2, 0.25) is 0 Å². The van der Waals surface area contributed by atoms with Gasteiger partial charge in [-0.3, -0.25) is 0 Å². The molecule has 2 nitrogen and oxygen atoms in total. The molecule has 0 saturated heterocycles. The minimum absolute atomic E-state index is 0.0355. The average molecular weight is 383 g/mol. The number of fused-ring (bicyclic) bond motifs is 8. The van der Waals surface area contributed by atoms with Gasteiger partial charge in [-0.2, -0.15) is 0 Å². The molecule has 4 bridgehead atoms. The largest absolute Gasteiger partial charge is 0.487 e. The molecular formula is C26H38O2. The van der Waals surface area contributed by atoms with Gasteiger partial charge in [0.1, 0.15) is 22.7 Å². The minimum atomic E-state index is 0.0355. The molecule has 4 aliphatic rings. The molecule has 0 aromatic heterocycles. The van der Waals surface area contributed by atoms with E-state index in [0.717, 1.165) is 11.8 Å². The highest BCUT2D eigenvalue weighted by Crippen LogP contribution is 2.59. The molecule has 2 heteroatoms. The van der Waals surface area contributed by atoms with Gasteiger partial charge in [0.15, 0.2) is 0 Å². The monoisotopic (exact) mass is 382 g/mol. The van der Waals surface area contributed by atoms with Crippen LogP contribution in [0.25, 0.3) is 0 Å². The number of rotatable bonds is 2. The molecule has 0 amide bonds. The standard InChI is InChI=1S/C26H38O2/c1-15(2)25-9-7-17(5)21(13-25)19-12-24-20(11-23(19)27-25)22-14-26(28-24,16(3)4)10-8-18(22)6/h11-12,15-18,21-22H,7-10,13-14H2,1-6H3/t17-,18+,21-,22+,25-,26-/m0/s1. The van der Waals surface area contributed by atoms with E-state index in [4.69, 9.17) is 9.47 Å². The van der Waals surface area contributed by atoms with Gasteiger partial charge in [-0.15, -0.1) is 0 Å². The van der Waals surface area contributed by atoms with E-state index in [2.05, 4.69) is 53.7 Å². The van der Waals surface area contributed by atoms with Crippen LogP contribution in [-0.4, -0.2) is 11.2 Å². The molecule has 0 spiro atoms. The summed E-state index contributed by atoms with van der Waals surface area (Å²) in [5.74, 6) is 6.16. The summed E-state index contributed by atoms with van der Waals surface area (Å²) >= 11 is 0. The van der Waals surface area contributed by atoms with Crippen LogP contribution in [-0.2, 0) is 0 Å². The van der Waals surface area contributed by atoms with Gasteiger partial charge in [-0.05, 0) is 86.2 Å². The summed E-state index contributed by atoms with van der Waals surface area (Å²) in [6.45, 7) is 14.3. The third kappa shape index (κ3) is 2.52. The molecule has 1 aromatic rings. The fraction of sp³-hybridized carbons (Fsp3) is 0.769. The third-order valence-corrected chi connectivity index (χ3v) is 9.22. The van der Waals surface area contributed by atoms with Crippen LogP contribution in [0.15, 0.2) is 12.1 Å². The Bertz CT molecular complexity index is 715. The van der Waals surface area contributed by atoms with Crippen LogP contribution in [0.4, 0.5) is 0 Å². The maximum absolute atomic E-state index is 6.86. The highest BCUT2D eigenvalue weighted by atomic mass is 16.5. The van der Waals surface area contributed by atoms with Crippen molar-refractivity contribution in [1.82, 2.24) is 0 Å². The van der Waals surface area contributed by atoms with Gasteiger partial charge in [0.05, 0.1) is 0 Å². The SMILES string of the molecule is CC(C)[C@]12CC[C@H](C)[C@H](C1)c1cc3c(cc1O2)[C@@H]1C[C@](C(C)C)(CC[C@H]1C)O3. The number of ether oxygens (including phenoxy) is 2. The zero-order chi connectivity index (χ0) is 19.8. The van der Waals surface area contributed by atoms with E-state index in [1.807, 2.05) is 0 Å². The van der Waals surface area contributed by atoms with Gasteiger partial charge < -0.3 is 9.47 Å². The predicted octanol–water partition coefficient (Wildman–Crippen LogP) is 7.07. The van der Waals surface area contributed by atoms with E-state index in [1.54, 1.807) is 0 Å². The van der Waals surface area contributed by atoms with E-state index in [9.17, 15) is 0 Å². The molecule has 0 radical (unpaired) electrons. The van der Waals surface area contributed by atoms with Crippen LogP contribution in [0.5, 0.6) is 11.5 Å². The lowest BCUT2D eigenvalue weighted by Gasteiger charge is -2.53. The van der Waals surface area contributed by atoms with Crippen molar-refractivity contribution in [2.75, 3.05) is 0 Å². The lowest BCUT2D eigenvalue weighted by atomic mass is 9.62. The second-order valence-corrected chi connectivity index (χ2v) is 11.2. The topological polar surface area (TPSA) is 18.5 Å². The Hall–Kier alpha value is -1.18. The Morgan fingerprint density at radius 3 is 1.50 bits per heavy atom. The van der Waals surface area contributed by atoms with Gasteiger partial charge in [0.25, 0.3) is 0 Å². The van der Waals surface area contributed by atoms with Crippen molar-refractivity contribution in [2.45, 2.75) is 103 Å². The van der Waals surface area contributed by atoms with Crippen LogP contribution in [0.1, 0.15) is 103 Å². The normalized spacial score (nSPS) is 41.1. The van der Waals surface area contributed by atoms with E-state index in [-0.39, 0.29) is 11.2 Å². The quantitative estimate of drug-likeness (QED) is 0.544. The Morgan fingerprint density at radius 2 is 1.14 bits per heavy atom. The molecule has 2 saturated carbocycles. The fourth-order valence-electron chi connectivity index (χ4n) is 6.79. The van der Waals surface area contributed by atoms with E-state index >= 15 is 0 Å². The Morgan fingerprint density at radius 1 is 0.750 bits per heavy atom. The molecule has 0 unspecified atom stereocenters. The van der Waals surface area contributed by atoms with E-state index in [0.29, 0.717) is 23.7 Å². The summed E-state index contributed by atoms with van der Waals surface area (Å²) in [5.41, 5.74) is 2.92. The molecule has 28 heavy (non-hydrogen) atoms. The van der Waals surface area contributed by atoms with Gasteiger partial charge >= 0.3 is 0 Å². The predicted molar refractivity (Wildman–Crippen MR) is 114 cm³/mol. The highest BCUT2D eigenvalue weighted by Gasteiger charge is 2.51. The molecule has 2 aliphatic carbocycles. The second kappa shape index (κ2) is 6.16. The molecule has 0 N–H and O–H groups in total. The maximum atomic E-state index is 6.86. The Kier molecular flexibility index (Phi) is 4.14. The van der Waals surface area contributed by atoms with Crippen molar-refractivity contribution in [1.29, 1.82) is 0 Å². The summed E-state index contributed by atoms with van der Waals surface area (Å²) in [5, 5.41) is 0. The van der Waals surface area contributed by atoms with Gasteiger partial charge in [0, 0.05) is 11.1 Å². The van der Waals surface area contributed by atoms with Crippen molar-refractivity contribution in [3.05, 3.63) is 23.3 Å². The van der Waals surface area contributed by atoms with Crippen LogP contribution in [0, 0.1) is 23.7 Å². The fourth-order valence-corrected chi connectivity index (χ4v) is 6.79. The summed E-state index contributed by atoms with van der Waals surface area (Å²) in [6.07, 6.45) is 7.29. The summed E-state index contributed by atoms with van der Waals surface area (Å²) in [4.78, 5) is 0. The highest BCUT2D eigenvalue weighted by molar-refractivity contribution is 5.53. The molecule has 154 valence electrons. The summed E-state index contributed by atoms with van der Waals surface area (Å²) < 4.78 is 13.7. The summed E-state index contributed by atoms with van der Waals surface area (Å²) in [7, 11) is 0. The molecule has 2 fully saturated rings. The first-order chi connectivity index (χ1) is 13.2. The number of hydrogen-bond acceptors (Lipinski definition) is 2. The first kappa shape index (κ1) is 18.8. The first-order valence-electron chi connectivity index (χ1n) is 11.8. The van der Waals surface area contributed by atoms with Crippen molar-refractivity contribution in [3.63, 3.8) is 0 Å². The average Bonchev–Trinajstić information content (AvgIpc) is 2.66. The lowest BCUT2D eigenvalue weighted by molar-refractivity contribution is -0.0546. The third-order valence-electron chi connectivity index (χ3n) is 9.22. The first-order valence-corrected chi connectivity index (χ1v) is 11.8. The Labute approximate surface area is 171 Å². The second-order valence-electron chi connectivity index (χ2n) is 11.2. The molecule has 2 aliphatic heterocycles. The zero-order valence-corrected chi connectivity index (χ0v) is 18.7. The molecule has 2 heterocycles. The van der Waals surface area contributed by atoms with Crippen LogP contribution >= 0.6 is 0 Å². The number of benzene rings is 1. The smallest absolute Gasteiger partial charge is 0.124 e. The molecule has 1 aromatic carbocycles. The van der Waals surface area contributed by atoms with Gasteiger partial charge in [-0.25, -0.2) is 0 Å². The van der Waals surface area contributed by atoms with Crippen molar-refractivity contribution < 1.29 is 9.47 Å². The van der Waals surface area contributed by atoms with Crippen molar-refractivity contribution in [2.24, 2.45) is 23.7 Å². The van der Waals surface area contributed by atoms with Crippen molar-refractivity contribution >= 4 is 0 Å². The van der Waals surface area contributed by atoms with Crippen LogP contribution < -0.4 is 9.47 Å². The lowest BCUT2D eigenvalue weighted by Crippen LogP contribution is -2.51. The molecule has 6 atom stereocenters. The molecular weight excluding hydrogens is 344 g/mol. The van der Waals surface area contributed by atoms with Crippen LogP contribution in [0.3, 0.4) is 0 Å². The van der Waals surface area contributed by atoms with Crippen molar-refractivity contribution in [3.8, 4) is 11.5 Å².